The Labute approximate surface area is 188 Å². The van der Waals surface area contributed by atoms with E-state index in [1.165, 1.54) is 38.7 Å². The van der Waals surface area contributed by atoms with Crippen molar-refractivity contribution >= 4 is 5.97 Å². The van der Waals surface area contributed by atoms with Gasteiger partial charge in [0.2, 0.25) is 0 Å². The van der Waals surface area contributed by atoms with Crippen LogP contribution in [-0.2, 0) is 9.47 Å². The zero-order valence-electron chi connectivity index (χ0n) is 19.6. The van der Waals surface area contributed by atoms with Crippen molar-refractivity contribution < 1.29 is 27.4 Å². The quantitative estimate of drug-likeness (QED) is 0.282. The first-order chi connectivity index (χ1) is 15.3. The summed E-state index contributed by atoms with van der Waals surface area (Å²) >= 11 is 0. The average Bonchev–Trinajstić information content (AvgIpc) is 2.82. The number of ether oxygens (including phenoxy) is 2. The number of benzene rings is 1. The maximum absolute atomic E-state index is 13.6. The minimum absolute atomic E-state index is 0.200. The van der Waals surface area contributed by atoms with Crippen molar-refractivity contribution in [3.05, 3.63) is 84.3 Å². The number of carbonyl (C=O) groups excluding carboxylic acids is 1. The lowest BCUT2D eigenvalue weighted by Gasteiger charge is -2.06. The summed E-state index contributed by atoms with van der Waals surface area (Å²) < 4.78 is 48.8. The van der Waals surface area contributed by atoms with Crippen LogP contribution in [0.2, 0.25) is 0 Å². The number of allylic oxidation sites excluding steroid dienone is 2. The van der Waals surface area contributed by atoms with Gasteiger partial charge in [-0.15, -0.1) is 0 Å². The second-order valence-corrected chi connectivity index (χ2v) is 5.18. The predicted molar refractivity (Wildman–Crippen MR) is 122 cm³/mol. The summed E-state index contributed by atoms with van der Waals surface area (Å²) in [6.45, 7) is 16.2. The van der Waals surface area contributed by atoms with Gasteiger partial charge in [-0.25, -0.2) is 18.0 Å². The van der Waals surface area contributed by atoms with Gasteiger partial charge in [-0.1, -0.05) is 46.9 Å². The third kappa shape index (κ3) is 9.59. The highest BCUT2D eigenvalue weighted by atomic mass is 19.1. The summed E-state index contributed by atoms with van der Waals surface area (Å²) in [5.41, 5.74) is 0.116. The fraction of sp³-hybridized carbons (Fsp3) is 0.292. The maximum Gasteiger partial charge on any atom is 0.343 e. The van der Waals surface area contributed by atoms with Crippen molar-refractivity contribution in [2.45, 2.75) is 34.6 Å². The van der Waals surface area contributed by atoms with E-state index in [4.69, 9.17) is 4.74 Å². The van der Waals surface area contributed by atoms with Gasteiger partial charge in [0.25, 0.3) is 0 Å². The van der Waals surface area contributed by atoms with Crippen LogP contribution in [0.25, 0.3) is 11.3 Å². The zero-order valence-corrected chi connectivity index (χ0v) is 19.6. The lowest BCUT2D eigenvalue weighted by Crippen LogP contribution is -2.08. The highest BCUT2D eigenvalue weighted by Crippen LogP contribution is 2.22. The van der Waals surface area contributed by atoms with Gasteiger partial charge in [-0.3, -0.25) is 9.97 Å². The van der Waals surface area contributed by atoms with Gasteiger partial charge in [-0.2, -0.15) is 0 Å². The number of nitrogens with zero attached hydrogens (tertiary/aromatic N) is 2. The van der Waals surface area contributed by atoms with E-state index in [2.05, 4.69) is 27.9 Å². The van der Waals surface area contributed by atoms with E-state index >= 15 is 0 Å². The lowest BCUT2D eigenvalue weighted by atomic mass is 10.1. The Balaban J connectivity index is 0. The molecule has 0 aliphatic carbocycles. The van der Waals surface area contributed by atoms with Gasteiger partial charge >= 0.3 is 5.97 Å². The number of aromatic nitrogens is 2. The number of rotatable bonds is 5. The SMILES string of the molecule is C=C/C(C(=C)OC)=C(\C)F.CC.CC.COC(=O)c1c(F)cc(-c2cnccn2)cc1F. The van der Waals surface area contributed by atoms with Crippen molar-refractivity contribution in [2.75, 3.05) is 14.2 Å². The van der Waals surface area contributed by atoms with Crippen LogP contribution in [0.4, 0.5) is 13.2 Å². The zero-order chi connectivity index (χ0) is 25.3. The standard InChI is InChI=1S/C12H8F2N2O2.C8H11FO.2C2H6/c1-18-12(17)11-8(13)4-7(5-9(11)14)10-6-15-2-3-16-10;1-5-8(6(2)9)7(3)10-4;2*1-2/h2-6H,1H3;5H,1,3H2,2,4H3;2*1-2H3/b;8-6-;;. The van der Waals surface area contributed by atoms with E-state index < -0.39 is 23.2 Å². The first-order valence-corrected chi connectivity index (χ1v) is 9.82. The molecule has 0 unspecified atom stereocenters. The molecule has 1 aromatic heterocycles. The van der Waals surface area contributed by atoms with Gasteiger partial charge in [0.05, 0.1) is 26.1 Å². The number of esters is 1. The molecule has 0 aliphatic rings. The molecule has 0 saturated heterocycles. The van der Waals surface area contributed by atoms with Crippen LogP contribution in [0.1, 0.15) is 45.0 Å². The summed E-state index contributed by atoms with van der Waals surface area (Å²) in [6, 6.07) is 2.03. The molecule has 2 rings (SSSR count). The van der Waals surface area contributed by atoms with Gasteiger partial charge in [0.15, 0.2) is 0 Å². The highest BCUT2D eigenvalue weighted by molar-refractivity contribution is 5.90. The van der Waals surface area contributed by atoms with Crippen LogP contribution in [0.5, 0.6) is 0 Å². The topological polar surface area (TPSA) is 61.3 Å². The molecule has 1 aromatic carbocycles. The molecule has 1 heterocycles. The normalized spacial score (nSPS) is 9.81. The van der Waals surface area contributed by atoms with Gasteiger partial charge in [0, 0.05) is 23.5 Å². The van der Waals surface area contributed by atoms with E-state index in [0.717, 1.165) is 19.2 Å². The van der Waals surface area contributed by atoms with Crippen LogP contribution >= 0.6 is 0 Å². The summed E-state index contributed by atoms with van der Waals surface area (Å²) in [5, 5.41) is 0. The fourth-order valence-corrected chi connectivity index (χ4v) is 2.02. The summed E-state index contributed by atoms with van der Waals surface area (Å²) in [5.74, 6) is -3.09. The van der Waals surface area contributed by atoms with Gasteiger partial charge < -0.3 is 9.47 Å². The molecule has 0 N–H and O–H groups in total. The molecule has 0 atom stereocenters. The minimum atomic E-state index is -1.06. The second-order valence-electron chi connectivity index (χ2n) is 5.18. The van der Waals surface area contributed by atoms with Crippen molar-refractivity contribution in [2.24, 2.45) is 0 Å². The minimum Gasteiger partial charge on any atom is -0.497 e. The van der Waals surface area contributed by atoms with Crippen LogP contribution in [0, 0.1) is 11.6 Å². The Morgan fingerprint density at radius 1 is 1.03 bits per heavy atom. The number of hydrogen-bond donors (Lipinski definition) is 0. The molecule has 0 radical (unpaired) electrons. The van der Waals surface area contributed by atoms with E-state index in [9.17, 15) is 18.0 Å². The average molecular weight is 453 g/mol. The maximum atomic E-state index is 13.6. The fourth-order valence-electron chi connectivity index (χ4n) is 2.02. The molecular weight excluding hydrogens is 421 g/mol. The van der Waals surface area contributed by atoms with Crippen LogP contribution in [-0.4, -0.2) is 30.2 Å². The van der Waals surface area contributed by atoms with E-state index in [-0.39, 0.29) is 11.4 Å². The van der Waals surface area contributed by atoms with Crippen molar-refractivity contribution in [1.82, 2.24) is 9.97 Å². The molecule has 0 aliphatic heterocycles. The third-order valence-corrected chi connectivity index (χ3v) is 3.41. The number of methoxy groups -OCH3 is 2. The highest BCUT2D eigenvalue weighted by Gasteiger charge is 2.19. The molecule has 2 aromatic rings. The Morgan fingerprint density at radius 2 is 1.56 bits per heavy atom. The summed E-state index contributed by atoms with van der Waals surface area (Å²) in [6.07, 6.45) is 5.59. The van der Waals surface area contributed by atoms with E-state index in [1.807, 2.05) is 27.7 Å². The molecule has 0 amide bonds. The van der Waals surface area contributed by atoms with E-state index in [1.54, 1.807) is 0 Å². The molecule has 0 bridgehead atoms. The Kier molecular flexibility index (Phi) is 16.6. The number of hydrogen-bond acceptors (Lipinski definition) is 5. The molecular formula is C24H31F3N2O3. The number of carbonyl (C=O) groups is 1. The lowest BCUT2D eigenvalue weighted by molar-refractivity contribution is 0.0590. The predicted octanol–water partition coefficient (Wildman–Crippen LogP) is 6.84. The summed E-state index contributed by atoms with van der Waals surface area (Å²) in [4.78, 5) is 18.9. The largest absolute Gasteiger partial charge is 0.497 e. The van der Waals surface area contributed by atoms with Crippen LogP contribution in [0.3, 0.4) is 0 Å². The second kappa shape index (κ2) is 17.3. The van der Waals surface area contributed by atoms with Crippen LogP contribution < -0.4 is 0 Å². The van der Waals surface area contributed by atoms with Crippen molar-refractivity contribution in [3.8, 4) is 11.3 Å². The molecule has 176 valence electrons. The van der Waals surface area contributed by atoms with Crippen LogP contribution in [0.15, 0.2) is 67.1 Å². The Bertz CT molecular complexity index is 872. The molecule has 32 heavy (non-hydrogen) atoms. The Morgan fingerprint density at radius 3 is 1.88 bits per heavy atom. The smallest absolute Gasteiger partial charge is 0.343 e. The summed E-state index contributed by atoms with van der Waals surface area (Å²) in [7, 11) is 2.49. The van der Waals surface area contributed by atoms with Gasteiger partial charge in [0.1, 0.15) is 28.8 Å². The monoisotopic (exact) mass is 452 g/mol. The van der Waals surface area contributed by atoms with E-state index in [0.29, 0.717) is 17.0 Å². The molecule has 0 spiro atoms. The molecule has 5 nitrogen and oxygen atoms in total. The third-order valence-electron chi connectivity index (χ3n) is 3.41. The van der Waals surface area contributed by atoms with Gasteiger partial charge in [-0.05, 0) is 19.1 Å². The first-order valence-electron chi connectivity index (χ1n) is 9.82. The molecule has 0 fully saturated rings. The molecule has 8 heteroatoms. The van der Waals surface area contributed by atoms with Crippen molar-refractivity contribution in [1.29, 1.82) is 0 Å². The molecule has 0 saturated carbocycles. The Hall–Kier alpha value is -3.42. The first kappa shape index (κ1) is 30.8. The van der Waals surface area contributed by atoms with Crippen molar-refractivity contribution in [3.63, 3.8) is 0 Å². The number of halogens is 3.